The van der Waals surface area contributed by atoms with E-state index in [4.69, 9.17) is 4.52 Å². The van der Waals surface area contributed by atoms with Gasteiger partial charge in [0.1, 0.15) is 0 Å². The third-order valence-electron chi connectivity index (χ3n) is 3.44. The lowest BCUT2D eigenvalue weighted by atomic mass is 9.93. The fraction of sp³-hybridized carbons (Fsp3) is 0.692. The second-order valence-corrected chi connectivity index (χ2v) is 4.67. The third kappa shape index (κ3) is 2.94. The van der Waals surface area contributed by atoms with E-state index in [-0.39, 0.29) is 0 Å². The average Bonchev–Trinajstić information content (AvgIpc) is 2.81. The molecule has 1 aromatic rings. The first-order valence-electron chi connectivity index (χ1n) is 6.32. The van der Waals surface area contributed by atoms with E-state index in [1.54, 1.807) is 6.07 Å². The van der Waals surface area contributed by atoms with E-state index in [0.29, 0.717) is 11.7 Å². The van der Waals surface area contributed by atoms with Crippen molar-refractivity contribution in [1.29, 1.82) is 0 Å². The first-order valence-corrected chi connectivity index (χ1v) is 6.32. The maximum Gasteiger partial charge on any atom is 0.199 e. The molecule has 1 saturated carbocycles. The van der Waals surface area contributed by atoms with Gasteiger partial charge >= 0.3 is 0 Å². The van der Waals surface area contributed by atoms with Crippen LogP contribution in [0.4, 0.5) is 0 Å². The first kappa shape index (κ1) is 11.4. The second-order valence-electron chi connectivity index (χ2n) is 4.67. The van der Waals surface area contributed by atoms with Gasteiger partial charge in [0.05, 0.1) is 5.69 Å². The van der Waals surface area contributed by atoms with E-state index in [1.807, 2.05) is 0 Å². The topological polar surface area (TPSA) is 43.1 Å². The Morgan fingerprint density at radius 3 is 2.31 bits per heavy atom. The van der Waals surface area contributed by atoms with Crippen LogP contribution in [-0.4, -0.2) is 11.4 Å². The van der Waals surface area contributed by atoms with Crippen molar-refractivity contribution in [2.75, 3.05) is 0 Å². The van der Waals surface area contributed by atoms with Crippen LogP contribution in [0.3, 0.4) is 0 Å². The van der Waals surface area contributed by atoms with Gasteiger partial charge in [-0.25, -0.2) is 0 Å². The lowest BCUT2D eigenvalue weighted by molar-refractivity contribution is 0.109. The number of hydrogen-bond acceptors (Lipinski definition) is 3. The Hall–Kier alpha value is -1.12. The molecule has 0 aromatic carbocycles. The minimum atomic E-state index is 0.356. The van der Waals surface area contributed by atoms with Crippen LogP contribution >= 0.6 is 0 Å². The second kappa shape index (κ2) is 5.83. The molecular weight excluding hydrogens is 202 g/mol. The normalized spacial score (nSPS) is 19.8. The van der Waals surface area contributed by atoms with E-state index in [0.717, 1.165) is 12.0 Å². The van der Waals surface area contributed by atoms with Crippen LogP contribution in [0.25, 0.3) is 0 Å². The van der Waals surface area contributed by atoms with Gasteiger partial charge in [0.25, 0.3) is 0 Å². The number of carbonyl (C=O) groups excluding carboxylic acids is 1. The highest BCUT2D eigenvalue weighted by Gasteiger charge is 2.16. The van der Waals surface area contributed by atoms with Crippen molar-refractivity contribution in [2.24, 2.45) is 0 Å². The zero-order valence-electron chi connectivity index (χ0n) is 9.65. The summed E-state index contributed by atoms with van der Waals surface area (Å²) >= 11 is 0. The van der Waals surface area contributed by atoms with Gasteiger partial charge < -0.3 is 4.52 Å². The van der Waals surface area contributed by atoms with Gasteiger partial charge in [-0.05, 0) is 12.8 Å². The molecule has 3 heteroatoms. The summed E-state index contributed by atoms with van der Waals surface area (Å²) in [6.07, 6.45) is 11.0. The van der Waals surface area contributed by atoms with Gasteiger partial charge in [-0.1, -0.05) is 43.7 Å². The molecule has 1 aromatic heterocycles. The molecular formula is C13H19NO2. The number of carbonyl (C=O) groups is 1. The number of aromatic nitrogens is 1. The van der Waals surface area contributed by atoms with Crippen LogP contribution in [0.1, 0.15) is 73.5 Å². The molecule has 1 fully saturated rings. The van der Waals surface area contributed by atoms with Crippen LogP contribution in [0.2, 0.25) is 0 Å². The summed E-state index contributed by atoms with van der Waals surface area (Å²) < 4.78 is 4.95. The fourth-order valence-electron chi connectivity index (χ4n) is 2.48. The molecule has 1 aliphatic carbocycles. The Bertz CT molecular complexity index is 322. The number of hydrogen-bond donors (Lipinski definition) is 0. The molecule has 0 atom stereocenters. The Labute approximate surface area is 96.2 Å². The summed E-state index contributed by atoms with van der Waals surface area (Å²) in [7, 11) is 0. The van der Waals surface area contributed by atoms with Crippen molar-refractivity contribution in [3.63, 3.8) is 0 Å². The van der Waals surface area contributed by atoms with E-state index in [9.17, 15) is 4.79 Å². The maximum atomic E-state index is 10.5. The van der Waals surface area contributed by atoms with Crippen molar-refractivity contribution in [1.82, 2.24) is 5.16 Å². The summed E-state index contributed by atoms with van der Waals surface area (Å²) in [4.78, 5) is 10.5. The monoisotopic (exact) mass is 221 g/mol. The Kier molecular flexibility index (Phi) is 4.14. The summed E-state index contributed by atoms with van der Waals surface area (Å²) in [5.74, 6) is 0.852. The predicted octanol–water partition coefficient (Wildman–Crippen LogP) is 3.71. The summed E-state index contributed by atoms with van der Waals surface area (Å²) in [6.45, 7) is 0. The molecule has 88 valence electrons. The van der Waals surface area contributed by atoms with Crippen molar-refractivity contribution < 1.29 is 9.32 Å². The van der Waals surface area contributed by atoms with Crippen LogP contribution in [0.5, 0.6) is 0 Å². The quantitative estimate of drug-likeness (QED) is 0.715. The zero-order valence-corrected chi connectivity index (χ0v) is 9.65. The van der Waals surface area contributed by atoms with Crippen LogP contribution in [-0.2, 0) is 0 Å². The first-order chi connectivity index (χ1) is 7.90. The van der Waals surface area contributed by atoms with Crippen molar-refractivity contribution in [3.8, 4) is 0 Å². The van der Waals surface area contributed by atoms with Gasteiger partial charge in [0.15, 0.2) is 12.0 Å². The zero-order chi connectivity index (χ0) is 11.2. The molecule has 0 unspecified atom stereocenters. The largest absolute Gasteiger partial charge is 0.353 e. The fourth-order valence-corrected chi connectivity index (χ4v) is 2.48. The SMILES string of the molecule is O=Cc1cc(C2CCCCCCCC2)no1. The molecule has 0 bridgehead atoms. The minimum Gasteiger partial charge on any atom is -0.353 e. The molecule has 3 nitrogen and oxygen atoms in total. The van der Waals surface area contributed by atoms with Crippen molar-refractivity contribution >= 4 is 6.29 Å². The molecule has 1 heterocycles. The Morgan fingerprint density at radius 1 is 1.12 bits per heavy atom. The predicted molar refractivity (Wildman–Crippen MR) is 61.6 cm³/mol. The number of rotatable bonds is 2. The highest BCUT2D eigenvalue weighted by Crippen LogP contribution is 2.29. The van der Waals surface area contributed by atoms with Crippen LogP contribution < -0.4 is 0 Å². The van der Waals surface area contributed by atoms with E-state index < -0.39 is 0 Å². The van der Waals surface area contributed by atoms with Crippen molar-refractivity contribution in [2.45, 2.75) is 57.3 Å². The molecule has 1 aliphatic rings. The highest BCUT2D eigenvalue weighted by molar-refractivity contribution is 5.70. The minimum absolute atomic E-state index is 0.356. The third-order valence-corrected chi connectivity index (χ3v) is 3.44. The number of nitrogens with zero attached hydrogens (tertiary/aromatic N) is 1. The average molecular weight is 221 g/mol. The standard InChI is InChI=1S/C13H19NO2/c15-10-12-9-13(14-16-12)11-7-5-3-1-2-4-6-8-11/h9-11H,1-8H2. The van der Waals surface area contributed by atoms with Gasteiger partial charge in [-0.2, -0.15) is 0 Å². The summed E-state index contributed by atoms with van der Waals surface area (Å²) in [5, 5.41) is 4.01. The molecule has 0 amide bonds. The molecule has 0 N–H and O–H groups in total. The Balaban J connectivity index is 2.01. The molecule has 0 aliphatic heterocycles. The van der Waals surface area contributed by atoms with E-state index in [1.165, 1.54) is 51.4 Å². The van der Waals surface area contributed by atoms with E-state index in [2.05, 4.69) is 5.16 Å². The van der Waals surface area contributed by atoms with Gasteiger partial charge in [0, 0.05) is 12.0 Å². The van der Waals surface area contributed by atoms with Gasteiger partial charge in [-0.15, -0.1) is 0 Å². The molecule has 0 saturated heterocycles. The van der Waals surface area contributed by atoms with Crippen molar-refractivity contribution in [3.05, 3.63) is 17.5 Å². The molecule has 2 rings (SSSR count). The summed E-state index contributed by atoms with van der Waals surface area (Å²) in [5.41, 5.74) is 0.976. The highest BCUT2D eigenvalue weighted by atomic mass is 16.5. The molecule has 0 radical (unpaired) electrons. The van der Waals surface area contributed by atoms with Gasteiger partial charge in [-0.3, -0.25) is 4.79 Å². The lowest BCUT2D eigenvalue weighted by Crippen LogP contribution is -1.99. The summed E-state index contributed by atoms with van der Waals surface area (Å²) in [6, 6.07) is 1.80. The van der Waals surface area contributed by atoms with Crippen LogP contribution in [0, 0.1) is 0 Å². The maximum absolute atomic E-state index is 10.5. The lowest BCUT2D eigenvalue weighted by Gasteiger charge is -2.11. The Morgan fingerprint density at radius 2 is 1.75 bits per heavy atom. The van der Waals surface area contributed by atoms with Gasteiger partial charge in [0.2, 0.25) is 0 Å². The smallest absolute Gasteiger partial charge is 0.199 e. The molecule has 0 spiro atoms. The van der Waals surface area contributed by atoms with Crippen LogP contribution in [0.15, 0.2) is 10.6 Å². The number of aldehydes is 1. The molecule has 16 heavy (non-hydrogen) atoms. The van der Waals surface area contributed by atoms with E-state index >= 15 is 0 Å².